The molecule has 5 rings (SSSR count). The number of ketones is 1. The van der Waals surface area contributed by atoms with E-state index in [4.69, 9.17) is 28.4 Å². The van der Waals surface area contributed by atoms with Crippen LogP contribution in [0.25, 0.3) is 0 Å². The van der Waals surface area contributed by atoms with Crippen molar-refractivity contribution in [3.05, 3.63) is 23.0 Å². The first-order valence-electron chi connectivity index (χ1n) is 19.8. The van der Waals surface area contributed by atoms with E-state index in [2.05, 4.69) is 12.2 Å². The fourth-order valence-corrected chi connectivity index (χ4v) is 10.4. The zero-order chi connectivity index (χ0) is 41.5. The predicted octanol–water partition coefficient (Wildman–Crippen LogP) is 4.15. The Morgan fingerprint density at radius 2 is 1.70 bits per heavy atom. The summed E-state index contributed by atoms with van der Waals surface area (Å²) in [5, 5.41) is 26.6. The second-order valence-corrected chi connectivity index (χ2v) is 17.7. The van der Waals surface area contributed by atoms with Gasteiger partial charge in [-0.15, -0.1) is 0 Å². The quantitative estimate of drug-likeness (QED) is 0.104. The minimum Gasteiger partial charge on any atom is -0.467 e. The predicted molar refractivity (Wildman–Crippen MR) is 197 cm³/mol. The Balaban J connectivity index is 1.51. The topological polar surface area (TPSA) is 210 Å². The molecule has 312 valence electrons. The number of nitrogens with one attached hydrogen (secondary N) is 1. The van der Waals surface area contributed by atoms with Crippen LogP contribution in [0.15, 0.2) is 23.0 Å². The maximum atomic E-state index is 14.2. The molecular formula is C41H59NO14. The molecule has 4 fully saturated rings. The lowest BCUT2D eigenvalue weighted by atomic mass is 9.38. The molecule has 0 aromatic heterocycles. The summed E-state index contributed by atoms with van der Waals surface area (Å²) in [5.74, 6) is -7.58. The third-order valence-corrected chi connectivity index (χ3v) is 12.5. The first-order valence-corrected chi connectivity index (χ1v) is 19.8. The van der Waals surface area contributed by atoms with E-state index in [9.17, 15) is 39.0 Å². The number of unbranched alkanes of at least 4 members (excludes halogenated alkanes) is 5. The second-order valence-electron chi connectivity index (χ2n) is 17.7. The van der Waals surface area contributed by atoms with Gasteiger partial charge >= 0.3 is 30.0 Å². The van der Waals surface area contributed by atoms with Gasteiger partial charge in [0.2, 0.25) is 11.7 Å². The Hall–Kier alpha value is -3.82. The second kappa shape index (κ2) is 16.2. The highest BCUT2D eigenvalue weighted by Gasteiger charge is 2.85. The summed E-state index contributed by atoms with van der Waals surface area (Å²) >= 11 is 0. The molecule has 2 bridgehead atoms. The van der Waals surface area contributed by atoms with Gasteiger partial charge in [0.1, 0.15) is 23.9 Å². The first-order chi connectivity index (χ1) is 26.2. The van der Waals surface area contributed by atoms with E-state index in [0.717, 1.165) is 39.2 Å². The number of carbonyl (C=O) groups is 6. The summed E-state index contributed by atoms with van der Waals surface area (Å²) in [4.78, 5) is 81.4. The van der Waals surface area contributed by atoms with Crippen molar-refractivity contribution in [1.29, 1.82) is 0 Å². The molecule has 0 radical (unpaired) electrons. The van der Waals surface area contributed by atoms with Crippen LogP contribution in [0.2, 0.25) is 0 Å². The van der Waals surface area contributed by atoms with Crippen LogP contribution in [-0.4, -0.2) is 101 Å². The number of hydrogen-bond donors (Lipinski definition) is 3. The largest absolute Gasteiger partial charge is 0.467 e. The molecule has 1 unspecified atom stereocenters. The van der Waals surface area contributed by atoms with E-state index in [1.165, 1.54) is 6.08 Å². The first kappa shape index (κ1) is 43.3. The van der Waals surface area contributed by atoms with Crippen molar-refractivity contribution < 1.29 is 67.4 Å². The number of amides is 1. The minimum absolute atomic E-state index is 0.0603. The lowest BCUT2D eigenvalue weighted by Gasteiger charge is -2.67. The van der Waals surface area contributed by atoms with Gasteiger partial charge in [0.05, 0.1) is 25.7 Å². The van der Waals surface area contributed by atoms with E-state index in [-0.39, 0.29) is 31.6 Å². The van der Waals surface area contributed by atoms with Gasteiger partial charge in [0.15, 0.2) is 11.5 Å². The summed E-state index contributed by atoms with van der Waals surface area (Å²) in [7, 11) is 1.08. The number of rotatable bonds is 13. The van der Waals surface area contributed by atoms with Crippen LogP contribution in [0.1, 0.15) is 113 Å². The van der Waals surface area contributed by atoms with Gasteiger partial charge in [-0.3, -0.25) is 4.79 Å². The van der Waals surface area contributed by atoms with Gasteiger partial charge in [-0.2, -0.15) is 0 Å². The molecule has 3 N–H and O–H groups in total. The minimum atomic E-state index is -2.31. The third-order valence-electron chi connectivity index (χ3n) is 12.5. The van der Waals surface area contributed by atoms with Crippen molar-refractivity contribution >= 4 is 35.8 Å². The summed E-state index contributed by atoms with van der Waals surface area (Å²) < 4.78 is 34.3. The molecule has 2 saturated heterocycles. The summed E-state index contributed by atoms with van der Waals surface area (Å²) in [6, 6.07) is -1.12. The third kappa shape index (κ3) is 7.50. The summed E-state index contributed by atoms with van der Waals surface area (Å²) in [6.45, 7) is 13.6. The standard InChI is InChI=1S/C41H59NO14/c1-10-11-12-13-14-15-16-24(42-37(50)56-38(5,6)7)34(47)55-29-22(4)23-18-26-40-20-52-41(36(49)51-9,33(46)28(45)31(40)39(23,8)19-25(29)43)32(40)30(35(48)53-26)54-27(44)17-21(2)3/h17,23-24,26,28,30-33,45-46H,10-16,18-20H2,1-9H3,(H,42,50)/t23-,24?,26+,28+,30+,31+,32+,33-,39-,40+,41-/m0/s1. The molecule has 15 nitrogen and oxygen atoms in total. The van der Waals surface area contributed by atoms with Gasteiger partial charge in [-0.05, 0) is 71.3 Å². The molecule has 1 amide bonds. The molecular weight excluding hydrogens is 730 g/mol. The van der Waals surface area contributed by atoms with Crippen LogP contribution >= 0.6 is 0 Å². The van der Waals surface area contributed by atoms with Crippen LogP contribution in [0.5, 0.6) is 0 Å². The highest BCUT2D eigenvalue weighted by Crippen LogP contribution is 2.73. The molecule has 56 heavy (non-hydrogen) atoms. The van der Waals surface area contributed by atoms with Crippen molar-refractivity contribution in [2.24, 2.45) is 28.6 Å². The summed E-state index contributed by atoms with van der Waals surface area (Å²) in [6.07, 6.45) is -0.393. The molecule has 0 aromatic rings. The van der Waals surface area contributed by atoms with E-state index < -0.39 is 106 Å². The van der Waals surface area contributed by atoms with Crippen molar-refractivity contribution in [3.8, 4) is 0 Å². The fourth-order valence-electron chi connectivity index (χ4n) is 10.4. The highest BCUT2D eigenvalue weighted by molar-refractivity contribution is 5.99. The Kier molecular flexibility index (Phi) is 12.5. The van der Waals surface area contributed by atoms with Gasteiger partial charge in [0.25, 0.3) is 0 Å². The lowest BCUT2D eigenvalue weighted by Crippen LogP contribution is -2.79. The number of aliphatic hydroxyl groups is 2. The maximum Gasteiger partial charge on any atom is 0.408 e. The number of fused-ring (bicyclic) bond motifs is 2. The van der Waals surface area contributed by atoms with Crippen LogP contribution in [-0.2, 0) is 52.4 Å². The van der Waals surface area contributed by atoms with Crippen molar-refractivity contribution in [2.75, 3.05) is 13.7 Å². The Morgan fingerprint density at radius 1 is 1.04 bits per heavy atom. The number of allylic oxidation sites excluding steroid dienone is 3. The average molecular weight is 790 g/mol. The monoisotopic (exact) mass is 789 g/mol. The van der Waals surface area contributed by atoms with Crippen LogP contribution in [0, 0.1) is 28.6 Å². The number of hydrogen-bond acceptors (Lipinski definition) is 14. The normalized spacial score (nSPS) is 34.9. The number of esters is 4. The van der Waals surface area contributed by atoms with Gasteiger partial charge in [-0.1, -0.05) is 57.9 Å². The average Bonchev–Trinajstić information content (AvgIpc) is 3.40. The molecule has 0 aromatic carbocycles. The van der Waals surface area contributed by atoms with Gasteiger partial charge in [-0.25, -0.2) is 24.0 Å². The van der Waals surface area contributed by atoms with Gasteiger partial charge in [0, 0.05) is 23.8 Å². The summed E-state index contributed by atoms with van der Waals surface area (Å²) in [5.41, 5.74) is -4.79. The number of methoxy groups -OCH3 is 1. The fraction of sp³-hybridized carbons (Fsp3) is 0.756. The molecule has 1 spiro atoms. The van der Waals surface area contributed by atoms with E-state index in [0.29, 0.717) is 17.6 Å². The smallest absolute Gasteiger partial charge is 0.408 e. The number of carbonyl (C=O) groups excluding carboxylic acids is 6. The van der Waals surface area contributed by atoms with Gasteiger partial charge < -0.3 is 44.0 Å². The van der Waals surface area contributed by atoms with E-state index in [1.54, 1.807) is 48.5 Å². The Morgan fingerprint density at radius 3 is 2.32 bits per heavy atom. The SMILES string of the molecule is CCCCCCCCC(NC(=O)OC(C)(C)C)C(=O)OC1=C(C)[C@@H]2C[C@H]3OC(=O)[C@H](OC(=O)C=C(C)C)[C@H]4[C@]5(C(=O)OC)OC[C@]34[C@H]([C@@H](O)[C@@H]5O)[C@@]2(C)CC1=O. The van der Waals surface area contributed by atoms with Crippen LogP contribution < -0.4 is 5.32 Å². The number of ether oxygens (including phenoxy) is 6. The zero-order valence-electron chi connectivity index (χ0n) is 34.1. The lowest BCUT2D eigenvalue weighted by molar-refractivity contribution is -0.290. The molecule has 2 heterocycles. The van der Waals surface area contributed by atoms with Crippen molar-refractivity contribution in [2.45, 2.75) is 155 Å². The highest BCUT2D eigenvalue weighted by atomic mass is 16.6. The van der Waals surface area contributed by atoms with Crippen molar-refractivity contribution in [1.82, 2.24) is 5.32 Å². The molecule has 15 heteroatoms. The number of aliphatic hydroxyl groups excluding tert-OH is 2. The van der Waals surface area contributed by atoms with Crippen molar-refractivity contribution in [3.63, 3.8) is 0 Å². The molecule has 2 aliphatic heterocycles. The zero-order valence-corrected chi connectivity index (χ0v) is 34.1. The Bertz CT molecular complexity index is 1660. The molecule has 2 saturated carbocycles. The maximum absolute atomic E-state index is 14.2. The van der Waals surface area contributed by atoms with E-state index in [1.807, 2.05) is 0 Å². The molecule has 11 atom stereocenters. The molecule has 3 aliphatic carbocycles. The van der Waals surface area contributed by atoms with Crippen LogP contribution in [0.3, 0.4) is 0 Å². The van der Waals surface area contributed by atoms with Crippen LogP contribution in [0.4, 0.5) is 4.79 Å². The van der Waals surface area contributed by atoms with E-state index >= 15 is 0 Å². The molecule has 5 aliphatic rings. The number of alkyl carbamates (subject to hydrolysis) is 1. The Labute approximate surface area is 328 Å². The number of Topliss-reactive ketones (excluding diaryl/α,β-unsaturated/α-hetero) is 1.